The molecule has 30 heavy (non-hydrogen) atoms. The highest BCUT2D eigenvalue weighted by molar-refractivity contribution is 14.0. The lowest BCUT2D eigenvalue weighted by molar-refractivity contribution is 0.625. The van der Waals surface area contributed by atoms with E-state index in [0.29, 0.717) is 32.0 Å². The Hall–Kier alpha value is -2.68. The van der Waals surface area contributed by atoms with Crippen molar-refractivity contribution < 1.29 is 4.39 Å². The summed E-state index contributed by atoms with van der Waals surface area (Å²) >= 11 is 0. The molecule has 0 saturated carbocycles. The molecule has 3 rings (SSSR count). The Morgan fingerprint density at radius 1 is 0.967 bits per heavy atom. The number of rotatable bonds is 7. The van der Waals surface area contributed by atoms with Gasteiger partial charge in [0.15, 0.2) is 5.96 Å². The van der Waals surface area contributed by atoms with Gasteiger partial charge in [0, 0.05) is 32.4 Å². The molecule has 0 fully saturated rings. The van der Waals surface area contributed by atoms with Gasteiger partial charge in [-0.1, -0.05) is 42.5 Å². The molecule has 7 heteroatoms. The number of benzene rings is 2. The Labute approximate surface area is 193 Å². The molecular formula is C23H26FIN4O. The third-order valence-electron chi connectivity index (χ3n) is 4.55. The minimum atomic E-state index is -0.217. The van der Waals surface area contributed by atoms with Crippen LogP contribution in [0.5, 0.6) is 0 Å². The van der Waals surface area contributed by atoms with Crippen molar-refractivity contribution >= 4 is 29.9 Å². The van der Waals surface area contributed by atoms with E-state index >= 15 is 0 Å². The molecule has 0 radical (unpaired) electrons. The Morgan fingerprint density at radius 2 is 1.73 bits per heavy atom. The van der Waals surface area contributed by atoms with Crippen molar-refractivity contribution in [1.29, 1.82) is 0 Å². The zero-order valence-electron chi connectivity index (χ0n) is 16.8. The lowest BCUT2D eigenvalue weighted by Crippen LogP contribution is -2.37. The highest BCUT2D eigenvalue weighted by Gasteiger charge is 2.01. The average molecular weight is 520 g/mol. The van der Waals surface area contributed by atoms with E-state index in [0.717, 1.165) is 16.7 Å². The predicted octanol–water partition coefficient (Wildman–Crippen LogP) is 3.56. The second-order valence-electron chi connectivity index (χ2n) is 6.72. The van der Waals surface area contributed by atoms with Crippen LogP contribution in [-0.2, 0) is 19.5 Å². The SMILES string of the molecule is CN=C(NCCc1cccc(F)c1)NCc1ccc(Cn2ccccc2=O)cc1.I. The first-order chi connectivity index (χ1) is 14.1. The Balaban J connectivity index is 0.00000320. The summed E-state index contributed by atoms with van der Waals surface area (Å²) in [6.07, 6.45) is 2.50. The fourth-order valence-corrected chi connectivity index (χ4v) is 2.97. The van der Waals surface area contributed by atoms with Crippen LogP contribution in [0.4, 0.5) is 4.39 Å². The standard InChI is InChI=1S/C23H25FN4O.HI/c1-25-23(26-13-12-18-5-4-6-21(24)15-18)27-16-19-8-10-20(11-9-19)17-28-14-3-2-7-22(28)29;/h2-11,14-15H,12-13,16-17H2,1H3,(H2,25,26,27);1H. The van der Waals surface area contributed by atoms with E-state index in [4.69, 9.17) is 0 Å². The van der Waals surface area contributed by atoms with Crippen molar-refractivity contribution in [1.82, 2.24) is 15.2 Å². The van der Waals surface area contributed by atoms with Crippen LogP contribution < -0.4 is 16.2 Å². The van der Waals surface area contributed by atoms with E-state index in [1.54, 1.807) is 42.1 Å². The largest absolute Gasteiger partial charge is 0.356 e. The van der Waals surface area contributed by atoms with Crippen LogP contribution >= 0.6 is 24.0 Å². The molecule has 0 amide bonds. The van der Waals surface area contributed by atoms with Crippen molar-refractivity contribution in [3.05, 3.63) is 106 Å². The molecule has 1 aromatic heterocycles. The number of guanidine groups is 1. The highest BCUT2D eigenvalue weighted by Crippen LogP contribution is 2.06. The zero-order valence-corrected chi connectivity index (χ0v) is 19.2. The van der Waals surface area contributed by atoms with Gasteiger partial charge >= 0.3 is 0 Å². The van der Waals surface area contributed by atoms with E-state index in [9.17, 15) is 9.18 Å². The molecule has 1 heterocycles. The van der Waals surface area contributed by atoms with Crippen molar-refractivity contribution in [2.75, 3.05) is 13.6 Å². The highest BCUT2D eigenvalue weighted by atomic mass is 127. The third-order valence-corrected chi connectivity index (χ3v) is 4.55. The Morgan fingerprint density at radius 3 is 2.43 bits per heavy atom. The fourth-order valence-electron chi connectivity index (χ4n) is 2.97. The molecule has 0 aliphatic carbocycles. The number of halogens is 2. The second-order valence-corrected chi connectivity index (χ2v) is 6.72. The van der Waals surface area contributed by atoms with Gasteiger partial charge in [0.05, 0.1) is 6.54 Å². The third kappa shape index (κ3) is 7.29. The van der Waals surface area contributed by atoms with Gasteiger partial charge in [0.2, 0.25) is 0 Å². The molecule has 158 valence electrons. The van der Waals surface area contributed by atoms with E-state index in [-0.39, 0.29) is 35.4 Å². The molecule has 0 saturated heterocycles. The van der Waals surface area contributed by atoms with Crippen LogP contribution in [-0.4, -0.2) is 24.1 Å². The van der Waals surface area contributed by atoms with Gasteiger partial charge in [0.25, 0.3) is 5.56 Å². The first-order valence-electron chi connectivity index (χ1n) is 9.56. The minimum absolute atomic E-state index is 0. The Bertz CT molecular complexity index is 1020. The summed E-state index contributed by atoms with van der Waals surface area (Å²) in [7, 11) is 1.72. The number of aromatic nitrogens is 1. The van der Waals surface area contributed by atoms with Gasteiger partial charge in [-0.25, -0.2) is 4.39 Å². The van der Waals surface area contributed by atoms with Crippen LogP contribution in [0, 0.1) is 5.82 Å². The zero-order chi connectivity index (χ0) is 20.5. The van der Waals surface area contributed by atoms with E-state index in [1.165, 1.54) is 6.07 Å². The van der Waals surface area contributed by atoms with Crippen LogP contribution in [0.2, 0.25) is 0 Å². The van der Waals surface area contributed by atoms with Crippen LogP contribution in [0.15, 0.2) is 82.7 Å². The first-order valence-corrected chi connectivity index (χ1v) is 9.56. The topological polar surface area (TPSA) is 58.4 Å². The predicted molar refractivity (Wildman–Crippen MR) is 130 cm³/mol. The van der Waals surface area contributed by atoms with Crippen molar-refractivity contribution in [2.24, 2.45) is 4.99 Å². The molecule has 5 nitrogen and oxygen atoms in total. The first kappa shape index (κ1) is 23.6. The summed E-state index contributed by atoms with van der Waals surface area (Å²) in [5.41, 5.74) is 3.12. The second kappa shape index (κ2) is 12.1. The quantitative estimate of drug-likeness (QED) is 0.285. The smallest absolute Gasteiger partial charge is 0.250 e. The van der Waals surface area contributed by atoms with E-state index < -0.39 is 0 Å². The van der Waals surface area contributed by atoms with Crippen LogP contribution in [0.25, 0.3) is 0 Å². The summed E-state index contributed by atoms with van der Waals surface area (Å²) in [6, 6.07) is 19.9. The number of hydrogen-bond donors (Lipinski definition) is 2. The maximum atomic E-state index is 13.2. The summed E-state index contributed by atoms with van der Waals surface area (Å²) in [4.78, 5) is 16.0. The number of aliphatic imine (C=N–C) groups is 1. The monoisotopic (exact) mass is 520 g/mol. The van der Waals surface area contributed by atoms with Crippen LogP contribution in [0.3, 0.4) is 0 Å². The number of nitrogens with zero attached hydrogens (tertiary/aromatic N) is 2. The van der Waals surface area contributed by atoms with Crippen molar-refractivity contribution in [2.45, 2.75) is 19.5 Å². The van der Waals surface area contributed by atoms with E-state index in [2.05, 4.69) is 15.6 Å². The molecule has 2 N–H and O–H groups in total. The normalized spacial score (nSPS) is 10.9. The number of hydrogen-bond acceptors (Lipinski definition) is 2. The molecule has 0 unspecified atom stereocenters. The number of pyridine rings is 1. The van der Waals surface area contributed by atoms with Gasteiger partial charge in [-0.3, -0.25) is 9.79 Å². The van der Waals surface area contributed by atoms with Gasteiger partial charge < -0.3 is 15.2 Å². The summed E-state index contributed by atoms with van der Waals surface area (Å²) in [6.45, 7) is 1.84. The molecule has 0 aliphatic heterocycles. The summed E-state index contributed by atoms with van der Waals surface area (Å²) < 4.78 is 14.9. The minimum Gasteiger partial charge on any atom is -0.356 e. The van der Waals surface area contributed by atoms with Gasteiger partial charge in [-0.2, -0.15) is 0 Å². The molecule has 0 aliphatic rings. The van der Waals surface area contributed by atoms with Gasteiger partial charge in [-0.15, -0.1) is 24.0 Å². The molecular weight excluding hydrogens is 494 g/mol. The fraction of sp³-hybridized carbons (Fsp3) is 0.217. The average Bonchev–Trinajstić information content (AvgIpc) is 2.73. The summed E-state index contributed by atoms with van der Waals surface area (Å²) in [5, 5.41) is 6.51. The van der Waals surface area contributed by atoms with Gasteiger partial charge in [-0.05, 0) is 41.3 Å². The van der Waals surface area contributed by atoms with Crippen molar-refractivity contribution in [3.63, 3.8) is 0 Å². The maximum Gasteiger partial charge on any atom is 0.250 e. The lowest BCUT2D eigenvalue weighted by Gasteiger charge is -2.12. The van der Waals surface area contributed by atoms with Crippen molar-refractivity contribution in [3.8, 4) is 0 Å². The molecule has 3 aromatic rings. The number of nitrogens with one attached hydrogen (secondary N) is 2. The maximum absolute atomic E-state index is 13.2. The lowest BCUT2D eigenvalue weighted by atomic mass is 10.1. The Kier molecular flexibility index (Phi) is 9.53. The summed E-state index contributed by atoms with van der Waals surface area (Å²) in [5.74, 6) is 0.479. The molecule has 0 atom stereocenters. The molecule has 0 spiro atoms. The van der Waals surface area contributed by atoms with Gasteiger partial charge in [0.1, 0.15) is 5.82 Å². The van der Waals surface area contributed by atoms with E-state index in [1.807, 2.05) is 36.4 Å². The molecule has 2 aromatic carbocycles. The molecule has 0 bridgehead atoms. The van der Waals surface area contributed by atoms with Crippen LogP contribution in [0.1, 0.15) is 16.7 Å².